The summed E-state index contributed by atoms with van der Waals surface area (Å²) in [5, 5.41) is 10.5. The fourth-order valence-corrected chi connectivity index (χ4v) is 2.13. The molecule has 3 aromatic rings. The number of nitro groups is 1. The minimum Gasteiger partial charge on any atom is -0.399 e. The lowest BCUT2D eigenvalue weighted by Crippen LogP contribution is -1.82. The number of nitrogens with zero attached hydrogens (tertiary/aromatic N) is 3. The molecule has 18 heavy (non-hydrogen) atoms. The van der Waals surface area contributed by atoms with Gasteiger partial charge >= 0.3 is 5.88 Å². The number of pyridine rings is 1. The normalized spacial score (nSPS) is 10.9. The van der Waals surface area contributed by atoms with Crippen molar-refractivity contribution in [3.05, 3.63) is 50.3 Å². The third-order valence-electron chi connectivity index (χ3n) is 2.44. The molecule has 0 spiro atoms. The van der Waals surface area contributed by atoms with Crippen molar-refractivity contribution in [2.24, 2.45) is 0 Å². The van der Waals surface area contributed by atoms with Crippen LogP contribution in [0.4, 0.5) is 5.88 Å². The molecule has 0 atom stereocenters. The van der Waals surface area contributed by atoms with E-state index in [9.17, 15) is 10.1 Å². The van der Waals surface area contributed by atoms with Gasteiger partial charge in [-0.3, -0.25) is 10.1 Å². The number of furan rings is 1. The molecular weight excluding hydrogens is 349 g/mol. The van der Waals surface area contributed by atoms with Crippen LogP contribution in [0.2, 0.25) is 0 Å². The average molecular weight is 355 g/mol. The largest absolute Gasteiger partial charge is 0.433 e. The fraction of sp³-hybridized carbons (Fsp3) is 0. The molecule has 3 rings (SSSR count). The third kappa shape index (κ3) is 1.86. The number of aromatic nitrogens is 2. The molecule has 6 nitrogen and oxygen atoms in total. The van der Waals surface area contributed by atoms with Gasteiger partial charge in [-0.15, -0.1) is 0 Å². The molecule has 0 unspecified atom stereocenters. The monoisotopic (exact) mass is 355 g/mol. The quantitative estimate of drug-likeness (QED) is 0.402. The Bertz CT molecular complexity index is 747. The van der Waals surface area contributed by atoms with E-state index in [2.05, 4.69) is 27.6 Å². The zero-order chi connectivity index (χ0) is 12.7. The zero-order valence-corrected chi connectivity index (χ0v) is 11.1. The molecule has 0 aliphatic carbocycles. The van der Waals surface area contributed by atoms with E-state index in [1.165, 1.54) is 6.07 Å². The summed E-state index contributed by atoms with van der Waals surface area (Å²) in [5.41, 5.74) is 1.34. The van der Waals surface area contributed by atoms with Crippen molar-refractivity contribution in [3.8, 4) is 11.5 Å². The first kappa shape index (κ1) is 11.2. The van der Waals surface area contributed by atoms with E-state index in [1.807, 2.05) is 22.7 Å². The van der Waals surface area contributed by atoms with Gasteiger partial charge in [-0.25, -0.2) is 4.98 Å². The van der Waals surface area contributed by atoms with Gasteiger partial charge in [-0.2, -0.15) is 0 Å². The van der Waals surface area contributed by atoms with Crippen LogP contribution in [0.25, 0.3) is 17.1 Å². The summed E-state index contributed by atoms with van der Waals surface area (Å²) >= 11 is 2.20. The van der Waals surface area contributed by atoms with Gasteiger partial charge in [0.1, 0.15) is 16.3 Å². The lowest BCUT2D eigenvalue weighted by atomic mass is 10.4. The van der Waals surface area contributed by atoms with Crippen molar-refractivity contribution in [2.45, 2.75) is 0 Å². The Morgan fingerprint density at radius 2 is 2.11 bits per heavy atom. The maximum absolute atomic E-state index is 10.5. The molecule has 0 saturated heterocycles. The molecule has 0 N–H and O–H groups in total. The van der Waals surface area contributed by atoms with Crippen molar-refractivity contribution in [1.82, 2.24) is 9.38 Å². The van der Waals surface area contributed by atoms with Crippen molar-refractivity contribution in [2.75, 3.05) is 0 Å². The van der Waals surface area contributed by atoms with Crippen LogP contribution < -0.4 is 0 Å². The SMILES string of the molecule is O=[N+]([O-])c1ccc(-c2cn3cc(I)ccc3n2)o1. The topological polar surface area (TPSA) is 73.6 Å². The zero-order valence-electron chi connectivity index (χ0n) is 8.91. The lowest BCUT2D eigenvalue weighted by molar-refractivity contribution is -0.401. The van der Waals surface area contributed by atoms with Crippen LogP contribution >= 0.6 is 22.6 Å². The molecule has 0 aliphatic rings. The lowest BCUT2D eigenvalue weighted by Gasteiger charge is -1.91. The summed E-state index contributed by atoms with van der Waals surface area (Å²) in [6.45, 7) is 0. The van der Waals surface area contributed by atoms with Gasteiger partial charge in [-0.05, 0) is 40.8 Å². The van der Waals surface area contributed by atoms with Gasteiger partial charge in [0.2, 0.25) is 0 Å². The standard InChI is InChI=1S/C11H6IN3O3/c12-7-1-3-10-13-8(6-14(10)5-7)9-2-4-11(18-9)15(16)17/h1-6H. The van der Waals surface area contributed by atoms with Crippen molar-refractivity contribution >= 4 is 34.1 Å². The van der Waals surface area contributed by atoms with E-state index >= 15 is 0 Å². The Morgan fingerprint density at radius 1 is 1.28 bits per heavy atom. The highest BCUT2D eigenvalue weighted by atomic mass is 127. The van der Waals surface area contributed by atoms with E-state index in [0.29, 0.717) is 11.5 Å². The van der Waals surface area contributed by atoms with Gasteiger partial charge in [0.15, 0.2) is 5.76 Å². The molecule has 0 saturated carbocycles. The highest BCUT2D eigenvalue weighted by Gasteiger charge is 2.15. The average Bonchev–Trinajstić information content (AvgIpc) is 2.93. The predicted octanol–water partition coefficient (Wildman–Crippen LogP) is 3.11. The number of rotatable bonds is 2. The Hall–Kier alpha value is -1.90. The van der Waals surface area contributed by atoms with Gasteiger partial charge in [-0.1, -0.05) is 0 Å². The number of halogens is 1. The van der Waals surface area contributed by atoms with E-state index in [-0.39, 0.29) is 5.88 Å². The van der Waals surface area contributed by atoms with Crippen LogP contribution in [0.1, 0.15) is 0 Å². The Morgan fingerprint density at radius 3 is 2.83 bits per heavy atom. The number of hydrogen-bond donors (Lipinski definition) is 0. The first-order valence-electron chi connectivity index (χ1n) is 5.02. The molecule has 0 radical (unpaired) electrons. The summed E-state index contributed by atoms with van der Waals surface area (Å²) in [5.74, 6) is 0.108. The van der Waals surface area contributed by atoms with Gasteiger partial charge in [0.25, 0.3) is 0 Å². The summed E-state index contributed by atoms with van der Waals surface area (Å²) in [6.07, 6.45) is 3.70. The Kier molecular flexibility index (Phi) is 2.54. The van der Waals surface area contributed by atoms with Crippen LogP contribution in [-0.2, 0) is 0 Å². The smallest absolute Gasteiger partial charge is 0.399 e. The molecule has 0 fully saturated rings. The molecular formula is C11H6IN3O3. The maximum Gasteiger partial charge on any atom is 0.433 e. The number of imidazole rings is 1. The summed E-state index contributed by atoms with van der Waals surface area (Å²) < 4.78 is 8.04. The molecule has 0 aromatic carbocycles. The van der Waals surface area contributed by atoms with Crippen LogP contribution in [0.5, 0.6) is 0 Å². The molecule has 3 aromatic heterocycles. The maximum atomic E-state index is 10.5. The summed E-state index contributed by atoms with van der Waals surface area (Å²) in [7, 11) is 0. The minimum absolute atomic E-state index is 0.281. The predicted molar refractivity (Wildman–Crippen MR) is 72.3 cm³/mol. The van der Waals surface area contributed by atoms with E-state index in [0.717, 1.165) is 9.22 Å². The third-order valence-corrected chi connectivity index (χ3v) is 3.08. The Balaban J connectivity index is 2.10. The molecule has 7 heteroatoms. The minimum atomic E-state index is -0.567. The first-order chi connectivity index (χ1) is 8.63. The van der Waals surface area contributed by atoms with E-state index in [4.69, 9.17) is 4.42 Å². The van der Waals surface area contributed by atoms with Crippen LogP contribution in [0.15, 0.2) is 41.1 Å². The number of fused-ring (bicyclic) bond motifs is 1. The first-order valence-corrected chi connectivity index (χ1v) is 6.10. The molecule has 0 bridgehead atoms. The van der Waals surface area contributed by atoms with Crippen LogP contribution in [0.3, 0.4) is 0 Å². The second kappa shape index (κ2) is 4.09. The summed E-state index contributed by atoms with van der Waals surface area (Å²) in [6, 6.07) is 6.69. The highest BCUT2D eigenvalue weighted by Crippen LogP contribution is 2.25. The summed E-state index contributed by atoms with van der Waals surface area (Å²) in [4.78, 5) is 14.3. The van der Waals surface area contributed by atoms with Gasteiger partial charge < -0.3 is 8.82 Å². The molecule has 0 amide bonds. The van der Waals surface area contributed by atoms with E-state index in [1.54, 1.807) is 12.3 Å². The highest BCUT2D eigenvalue weighted by molar-refractivity contribution is 14.1. The Labute approximate surface area is 115 Å². The van der Waals surface area contributed by atoms with Gasteiger partial charge in [0.05, 0.1) is 6.07 Å². The van der Waals surface area contributed by atoms with Crippen molar-refractivity contribution in [1.29, 1.82) is 0 Å². The van der Waals surface area contributed by atoms with E-state index < -0.39 is 4.92 Å². The van der Waals surface area contributed by atoms with Gasteiger partial charge in [0, 0.05) is 16.0 Å². The molecule has 90 valence electrons. The van der Waals surface area contributed by atoms with Crippen LogP contribution in [-0.4, -0.2) is 14.3 Å². The fourth-order valence-electron chi connectivity index (χ4n) is 1.65. The second-order valence-electron chi connectivity index (χ2n) is 3.63. The molecule has 3 heterocycles. The van der Waals surface area contributed by atoms with Crippen LogP contribution in [0, 0.1) is 13.7 Å². The van der Waals surface area contributed by atoms with Crippen molar-refractivity contribution < 1.29 is 9.34 Å². The second-order valence-corrected chi connectivity index (χ2v) is 4.88. The molecule has 0 aliphatic heterocycles. The van der Waals surface area contributed by atoms with Crippen molar-refractivity contribution in [3.63, 3.8) is 0 Å². The number of hydrogen-bond acceptors (Lipinski definition) is 4.